The van der Waals surface area contributed by atoms with Gasteiger partial charge in [0.25, 0.3) is 0 Å². The van der Waals surface area contributed by atoms with Crippen LogP contribution < -0.4 is 11.1 Å². The number of piperidine rings is 1. The molecule has 0 spiro atoms. The third-order valence-electron chi connectivity index (χ3n) is 5.31. The molecular formula is C16H31N3O. The molecule has 1 amide bonds. The average molecular weight is 281 g/mol. The summed E-state index contributed by atoms with van der Waals surface area (Å²) >= 11 is 0. The van der Waals surface area contributed by atoms with E-state index in [4.69, 9.17) is 5.73 Å². The average Bonchev–Trinajstić information content (AvgIpc) is 2.66. The van der Waals surface area contributed by atoms with Crippen LogP contribution in [0, 0.1) is 11.8 Å². The topological polar surface area (TPSA) is 58.4 Å². The van der Waals surface area contributed by atoms with Crippen LogP contribution in [0.1, 0.15) is 51.9 Å². The van der Waals surface area contributed by atoms with Crippen LogP contribution in [0.3, 0.4) is 0 Å². The molecule has 0 aromatic heterocycles. The molecule has 2 bridgehead atoms. The minimum atomic E-state index is 0.222. The summed E-state index contributed by atoms with van der Waals surface area (Å²) in [6.45, 7) is 3.78. The van der Waals surface area contributed by atoms with Crippen LogP contribution in [-0.4, -0.2) is 43.0 Å². The lowest BCUT2D eigenvalue weighted by molar-refractivity contribution is -0.121. The molecule has 0 aliphatic carbocycles. The van der Waals surface area contributed by atoms with Crippen LogP contribution in [0.5, 0.6) is 0 Å². The third kappa shape index (κ3) is 4.19. The van der Waals surface area contributed by atoms with Crippen molar-refractivity contribution >= 4 is 5.91 Å². The van der Waals surface area contributed by atoms with Crippen molar-refractivity contribution < 1.29 is 4.79 Å². The molecular weight excluding hydrogens is 250 g/mol. The van der Waals surface area contributed by atoms with Crippen molar-refractivity contribution in [1.29, 1.82) is 0 Å². The van der Waals surface area contributed by atoms with Crippen LogP contribution >= 0.6 is 0 Å². The molecule has 0 aromatic rings. The Kier molecular flexibility index (Phi) is 5.85. The van der Waals surface area contributed by atoms with Gasteiger partial charge >= 0.3 is 0 Å². The van der Waals surface area contributed by atoms with Gasteiger partial charge in [-0.25, -0.2) is 0 Å². The fourth-order valence-electron chi connectivity index (χ4n) is 3.84. The van der Waals surface area contributed by atoms with Gasteiger partial charge in [0.2, 0.25) is 5.91 Å². The number of hydrogen-bond donors (Lipinski definition) is 2. The number of nitrogens with one attached hydrogen (secondary N) is 1. The molecule has 2 aliphatic rings. The van der Waals surface area contributed by atoms with Crippen LogP contribution in [-0.2, 0) is 4.79 Å². The van der Waals surface area contributed by atoms with Crippen LogP contribution in [0.2, 0.25) is 0 Å². The van der Waals surface area contributed by atoms with Gasteiger partial charge in [0, 0.05) is 25.0 Å². The number of fused-ring (bicyclic) bond motifs is 2. The van der Waals surface area contributed by atoms with Crippen molar-refractivity contribution in [3.05, 3.63) is 0 Å². The summed E-state index contributed by atoms with van der Waals surface area (Å²) in [6.07, 6.45) is 7.85. The maximum Gasteiger partial charge on any atom is 0.220 e. The summed E-state index contributed by atoms with van der Waals surface area (Å²) in [5, 5.41) is 3.14. The maximum atomic E-state index is 11.9. The predicted molar refractivity (Wildman–Crippen MR) is 82.4 cm³/mol. The minimum Gasteiger partial charge on any atom is -0.356 e. The highest BCUT2D eigenvalue weighted by molar-refractivity contribution is 5.75. The summed E-state index contributed by atoms with van der Waals surface area (Å²) in [6, 6.07) is 1.53. The molecule has 4 heteroatoms. The summed E-state index contributed by atoms with van der Waals surface area (Å²) in [4.78, 5) is 14.4. The molecule has 2 fully saturated rings. The number of nitrogens with two attached hydrogens (primary N) is 1. The van der Waals surface area contributed by atoms with Crippen molar-refractivity contribution in [2.24, 2.45) is 17.6 Å². The van der Waals surface area contributed by atoms with Crippen LogP contribution in [0.15, 0.2) is 0 Å². The van der Waals surface area contributed by atoms with E-state index in [1.807, 2.05) is 0 Å². The number of carbonyl (C=O) groups is 1. The van der Waals surface area contributed by atoms with Gasteiger partial charge in [-0.2, -0.15) is 0 Å². The van der Waals surface area contributed by atoms with Crippen molar-refractivity contribution in [2.45, 2.75) is 64.0 Å². The van der Waals surface area contributed by atoms with E-state index in [2.05, 4.69) is 24.2 Å². The van der Waals surface area contributed by atoms with E-state index >= 15 is 0 Å². The van der Waals surface area contributed by atoms with Crippen LogP contribution in [0.4, 0.5) is 0 Å². The van der Waals surface area contributed by atoms with Crippen molar-refractivity contribution in [3.8, 4) is 0 Å². The van der Waals surface area contributed by atoms with Gasteiger partial charge < -0.3 is 16.0 Å². The van der Waals surface area contributed by atoms with E-state index < -0.39 is 0 Å². The Hall–Kier alpha value is -0.610. The highest BCUT2D eigenvalue weighted by Gasteiger charge is 2.38. The summed E-state index contributed by atoms with van der Waals surface area (Å²) in [7, 11) is 2.26. The molecule has 2 aliphatic heterocycles. The Bertz CT molecular complexity index is 307. The molecule has 116 valence electrons. The van der Waals surface area contributed by atoms with Crippen molar-refractivity contribution in [1.82, 2.24) is 10.2 Å². The van der Waals surface area contributed by atoms with E-state index in [0.717, 1.165) is 38.0 Å². The zero-order chi connectivity index (χ0) is 14.5. The first-order chi connectivity index (χ1) is 9.60. The molecule has 20 heavy (non-hydrogen) atoms. The van der Waals surface area contributed by atoms with Gasteiger partial charge in [0.15, 0.2) is 0 Å². The first-order valence-corrected chi connectivity index (χ1v) is 8.28. The maximum absolute atomic E-state index is 11.9. The zero-order valence-electron chi connectivity index (χ0n) is 13.1. The number of amides is 1. The molecule has 4 nitrogen and oxygen atoms in total. The first kappa shape index (κ1) is 15.8. The lowest BCUT2D eigenvalue weighted by Gasteiger charge is -2.36. The summed E-state index contributed by atoms with van der Waals surface area (Å²) in [5.41, 5.74) is 5.53. The number of nitrogens with zero attached hydrogens (tertiary/aromatic N) is 1. The number of hydrogen-bond acceptors (Lipinski definition) is 3. The Morgan fingerprint density at radius 3 is 2.55 bits per heavy atom. The van der Waals surface area contributed by atoms with Gasteiger partial charge in [-0.05, 0) is 64.0 Å². The fraction of sp³-hybridized carbons (Fsp3) is 0.938. The highest BCUT2D eigenvalue weighted by Crippen LogP contribution is 2.36. The molecule has 2 saturated heterocycles. The smallest absolute Gasteiger partial charge is 0.220 e. The SMILES string of the molecule is CC(CCN)CCC(=O)NCC1CC2CCC(C1)N2C. The van der Waals surface area contributed by atoms with Gasteiger partial charge in [-0.3, -0.25) is 4.79 Å². The van der Waals surface area contributed by atoms with Gasteiger partial charge in [0.1, 0.15) is 0 Å². The van der Waals surface area contributed by atoms with E-state index in [-0.39, 0.29) is 5.91 Å². The highest BCUT2D eigenvalue weighted by atomic mass is 16.1. The molecule has 0 radical (unpaired) electrons. The fourth-order valence-corrected chi connectivity index (χ4v) is 3.84. The second-order valence-corrected chi connectivity index (χ2v) is 6.91. The van der Waals surface area contributed by atoms with E-state index in [1.165, 1.54) is 25.7 Å². The zero-order valence-corrected chi connectivity index (χ0v) is 13.1. The lowest BCUT2D eigenvalue weighted by atomic mass is 9.91. The van der Waals surface area contributed by atoms with E-state index in [0.29, 0.717) is 18.3 Å². The second kappa shape index (κ2) is 7.41. The van der Waals surface area contributed by atoms with E-state index in [9.17, 15) is 4.79 Å². The molecule has 2 rings (SSSR count). The third-order valence-corrected chi connectivity index (χ3v) is 5.31. The summed E-state index contributed by atoms with van der Waals surface area (Å²) in [5.74, 6) is 1.47. The first-order valence-electron chi connectivity index (χ1n) is 8.28. The monoisotopic (exact) mass is 281 g/mol. The van der Waals surface area contributed by atoms with Crippen molar-refractivity contribution in [2.75, 3.05) is 20.1 Å². The van der Waals surface area contributed by atoms with Crippen LogP contribution in [0.25, 0.3) is 0 Å². The normalized spacial score (nSPS) is 31.2. The molecule has 3 atom stereocenters. The van der Waals surface area contributed by atoms with Gasteiger partial charge in [-0.15, -0.1) is 0 Å². The molecule has 3 unspecified atom stereocenters. The standard InChI is InChI=1S/C16H31N3O/c1-12(7-8-17)3-6-16(20)18-11-13-9-14-4-5-15(10-13)19(14)2/h12-15H,3-11,17H2,1-2H3,(H,18,20). The predicted octanol–water partition coefficient (Wildman–Crippen LogP) is 1.74. The minimum absolute atomic E-state index is 0.222. The molecule has 0 saturated carbocycles. The molecule has 0 aromatic carbocycles. The number of carbonyl (C=O) groups excluding carboxylic acids is 1. The van der Waals surface area contributed by atoms with Crippen molar-refractivity contribution in [3.63, 3.8) is 0 Å². The van der Waals surface area contributed by atoms with Gasteiger partial charge in [-0.1, -0.05) is 6.92 Å². The summed E-state index contributed by atoms with van der Waals surface area (Å²) < 4.78 is 0. The second-order valence-electron chi connectivity index (χ2n) is 6.91. The van der Waals surface area contributed by atoms with Gasteiger partial charge in [0.05, 0.1) is 0 Å². The van der Waals surface area contributed by atoms with E-state index in [1.54, 1.807) is 0 Å². The number of rotatable bonds is 7. The Balaban J connectivity index is 1.62. The molecule has 2 heterocycles. The Morgan fingerprint density at radius 1 is 1.30 bits per heavy atom. The quantitative estimate of drug-likeness (QED) is 0.747. The Labute approximate surface area is 123 Å². The lowest BCUT2D eigenvalue weighted by Crippen LogP contribution is -2.43. The molecule has 3 N–H and O–H groups in total. The largest absolute Gasteiger partial charge is 0.356 e. The Morgan fingerprint density at radius 2 is 1.95 bits per heavy atom.